The molecule has 0 aromatic carbocycles. The van der Waals surface area contributed by atoms with E-state index in [2.05, 4.69) is 0 Å². The maximum Gasteiger partial charge on any atom is 0.393 e. The molecule has 1 atom stereocenters. The van der Waals surface area contributed by atoms with Crippen molar-refractivity contribution in [2.75, 3.05) is 13.1 Å². The van der Waals surface area contributed by atoms with Crippen LogP contribution in [-0.4, -0.2) is 32.0 Å². The Kier molecular flexibility index (Phi) is 2.80. The van der Waals surface area contributed by atoms with E-state index in [4.69, 9.17) is 10.7 Å². The van der Waals surface area contributed by atoms with Gasteiger partial charge in [-0.15, -0.1) is 0 Å². The van der Waals surface area contributed by atoms with Crippen LogP contribution in [0.3, 0.4) is 0 Å². The zero-order valence-electron chi connectivity index (χ0n) is 6.38. The molecule has 1 rings (SSSR count). The Morgan fingerprint density at radius 1 is 1.38 bits per heavy atom. The summed E-state index contributed by atoms with van der Waals surface area (Å²) in [5, 5.41) is 0. The molecule has 0 aromatic heterocycles. The van der Waals surface area contributed by atoms with E-state index in [-0.39, 0.29) is 13.0 Å². The van der Waals surface area contributed by atoms with Crippen molar-refractivity contribution in [1.29, 1.82) is 0 Å². The van der Waals surface area contributed by atoms with Crippen LogP contribution in [0.5, 0.6) is 0 Å². The first-order valence-electron chi connectivity index (χ1n) is 3.47. The Labute approximate surface area is 78.0 Å². The van der Waals surface area contributed by atoms with E-state index in [0.29, 0.717) is 4.31 Å². The number of rotatable bonds is 1. The molecule has 0 N–H and O–H groups in total. The second-order valence-electron chi connectivity index (χ2n) is 2.83. The predicted molar refractivity (Wildman–Crippen MR) is 40.5 cm³/mol. The van der Waals surface area contributed by atoms with Crippen molar-refractivity contribution in [3.05, 3.63) is 0 Å². The minimum atomic E-state index is -4.34. The van der Waals surface area contributed by atoms with E-state index in [1.807, 2.05) is 0 Å². The van der Waals surface area contributed by atoms with Gasteiger partial charge >= 0.3 is 6.18 Å². The average Bonchev–Trinajstić information content (AvgIpc) is 2.28. The van der Waals surface area contributed by atoms with E-state index in [1.165, 1.54) is 0 Å². The first-order valence-corrected chi connectivity index (χ1v) is 5.74. The van der Waals surface area contributed by atoms with E-state index < -0.39 is 27.9 Å². The Hall–Kier alpha value is -0.0100. The van der Waals surface area contributed by atoms with Gasteiger partial charge in [-0.05, 0) is 6.42 Å². The van der Waals surface area contributed by atoms with Gasteiger partial charge in [0, 0.05) is 23.8 Å². The number of halogens is 4. The summed E-state index contributed by atoms with van der Waals surface area (Å²) in [6.45, 7) is -0.717. The van der Waals surface area contributed by atoms with Crippen molar-refractivity contribution < 1.29 is 21.6 Å². The lowest BCUT2D eigenvalue weighted by atomic mass is 10.1. The topological polar surface area (TPSA) is 37.4 Å². The van der Waals surface area contributed by atoms with Crippen molar-refractivity contribution in [2.45, 2.75) is 12.6 Å². The van der Waals surface area contributed by atoms with Gasteiger partial charge in [0.05, 0.1) is 5.92 Å². The molecule has 0 aromatic rings. The van der Waals surface area contributed by atoms with Crippen LogP contribution in [0.1, 0.15) is 6.42 Å². The molecule has 13 heavy (non-hydrogen) atoms. The van der Waals surface area contributed by atoms with E-state index in [0.717, 1.165) is 0 Å². The maximum atomic E-state index is 12.1. The van der Waals surface area contributed by atoms with Gasteiger partial charge in [0.25, 0.3) is 9.24 Å². The van der Waals surface area contributed by atoms with Gasteiger partial charge in [-0.1, -0.05) is 0 Å². The van der Waals surface area contributed by atoms with Crippen molar-refractivity contribution in [3.8, 4) is 0 Å². The second-order valence-corrected chi connectivity index (χ2v) is 5.34. The Bertz CT molecular complexity index is 289. The molecule has 78 valence electrons. The first-order chi connectivity index (χ1) is 5.71. The summed E-state index contributed by atoms with van der Waals surface area (Å²) in [7, 11) is 0.895. The standard InChI is InChI=1S/C5H7ClF3NO2S/c6-13(11,12)10-2-1-4(3-10)5(7,8)9/h4H,1-3H2/t4-/m0/s1. The summed E-state index contributed by atoms with van der Waals surface area (Å²) in [5.41, 5.74) is 0. The lowest BCUT2D eigenvalue weighted by Crippen LogP contribution is -2.29. The predicted octanol–water partition coefficient (Wildman–Crippen LogP) is 1.35. The van der Waals surface area contributed by atoms with E-state index >= 15 is 0 Å². The van der Waals surface area contributed by atoms with Gasteiger partial charge in [-0.2, -0.15) is 25.9 Å². The Morgan fingerprint density at radius 3 is 2.15 bits per heavy atom. The molecular weight excluding hydrogens is 231 g/mol. The molecular formula is C5H7ClF3NO2S. The molecule has 1 aliphatic rings. The highest BCUT2D eigenvalue weighted by molar-refractivity contribution is 8.11. The van der Waals surface area contributed by atoms with Crippen LogP contribution in [0, 0.1) is 5.92 Å². The number of alkyl halides is 3. The third kappa shape index (κ3) is 2.72. The highest BCUT2D eigenvalue weighted by Gasteiger charge is 2.45. The van der Waals surface area contributed by atoms with Crippen molar-refractivity contribution in [3.63, 3.8) is 0 Å². The zero-order valence-corrected chi connectivity index (χ0v) is 7.95. The number of hydrogen-bond acceptors (Lipinski definition) is 2. The normalized spacial score (nSPS) is 26.6. The third-order valence-corrected chi connectivity index (χ3v) is 3.46. The molecule has 1 aliphatic heterocycles. The van der Waals surface area contributed by atoms with E-state index in [9.17, 15) is 21.6 Å². The lowest BCUT2D eigenvalue weighted by molar-refractivity contribution is -0.169. The second kappa shape index (κ2) is 3.29. The zero-order chi connectivity index (χ0) is 10.3. The largest absolute Gasteiger partial charge is 0.393 e. The smallest absolute Gasteiger partial charge is 0.195 e. The average molecular weight is 238 g/mol. The molecule has 0 bridgehead atoms. The van der Waals surface area contributed by atoms with Crippen LogP contribution in [0.15, 0.2) is 0 Å². The molecule has 1 fully saturated rings. The van der Waals surface area contributed by atoms with Crippen molar-refractivity contribution in [2.24, 2.45) is 5.92 Å². The van der Waals surface area contributed by atoms with Crippen LogP contribution >= 0.6 is 10.7 Å². The number of hydrogen-bond donors (Lipinski definition) is 0. The van der Waals surface area contributed by atoms with Gasteiger partial charge < -0.3 is 0 Å². The monoisotopic (exact) mass is 237 g/mol. The molecule has 8 heteroatoms. The van der Waals surface area contributed by atoms with Crippen LogP contribution in [0.4, 0.5) is 13.2 Å². The SMILES string of the molecule is O=S(=O)(Cl)N1CC[C@H](C(F)(F)F)C1. The number of nitrogens with zero attached hydrogens (tertiary/aromatic N) is 1. The minimum absolute atomic E-state index is 0.157. The molecule has 0 unspecified atom stereocenters. The summed E-state index contributed by atoms with van der Waals surface area (Å²) >= 11 is 0. The molecule has 0 amide bonds. The summed E-state index contributed by atoms with van der Waals surface area (Å²) in [6, 6.07) is 0. The van der Waals surface area contributed by atoms with Gasteiger partial charge in [0.2, 0.25) is 0 Å². The van der Waals surface area contributed by atoms with Gasteiger partial charge in [0.1, 0.15) is 0 Å². The van der Waals surface area contributed by atoms with Crippen molar-refractivity contribution >= 4 is 19.9 Å². The highest BCUT2D eigenvalue weighted by Crippen LogP contribution is 2.34. The Balaban J connectivity index is 2.66. The summed E-state index contributed by atoms with van der Waals surface area (Å²) < 4.78 is 58.1. The van der Waals surface area contributed by atoms with Gasteiger partial charge in [0.15, 0.2) is 0 Å². The maximum absolute atomic E-state index is 12.1. The summed E-state index contributed by atoms with van der Waals surface area (Å²) in [4.78, 5) is 0. The lowest BCUT2D eigenvalue weighted by Gasteiger charge is -2.14. The fraction of sp³-hybridized carbons (Fsp3) is 1.00. The van der Waals surface area contributed by atoms with Crippen molar-refractivity contribution in [1.82, 2.24) is 4.31 Å². The molecule has 1 saturated heterocycles. The first kappa shape index (κ1) is 11.1. The third-order valence-electron chi connectivity index (χ3n) is 1.92. The molecule has 0 radical (unpaired) electrons. The molecule has 1 heterocycles. The fourth-order valence-corrected chi connectivity index (χ4v) is 2.25. The van der Waals surface area contributed by atoms with E-state index in [1.54, 1.807) is 0 Å². The summed E-state index contributed by atoms with van der Waals surface area (Å²) in [5.74, 6) is -1.58. The highest BCUT2D eigenvalue weighted by atomic mass is 35.7. The van der Waals surface area contributed by atoms with Gasteiger partial charge in [-0.3, -0.25) is 0 Å². The molecule has 3 nitrogen and oxygen atoms in total. The minimum Gasteiger partial charge on any atom is -0.195 e. The quantitative estimate of drug-likeness (QED) is 0.646. The molecule has 0 aliphatic carbocycles. The van der Waals surface area contributed by atoms with Crippen LogP contribution in [0.25, 0.3) is 0 Å². The van der Waals surface area contributed by atoms with Crippen LogP contribution in [0.2, 0.25) is 0 Å². The summed E-state index contributed by atoms with van der Waals surface area (Å²) in [6.07, 6.45) is -4.55. The molecule has 0 saturated carbocycles. The molecule has 0 spiro atoms. The van der Waals surface area contributed by atoms with Crippen LogP contribution in [-0.2, 0) is 9.24 Å². The van der Waals surface area contributed by atoms with Gasteiger partial charge in [-0.25, -0.2) is 0 Å². The fourth-order valence-electron chi connectivity index (χ4n) is 1.19. The van der Waals surface area contributed by atoms with Crippen LogP contribution < -0.4 is 0 Å². The Morgan fingerprint density at radius 2 is 1.92 bits per heavy atom.